The van der Waals surface area contributed by atoms with Crippen molar-refractivity contribution >= 4 is 34.7 Å². The van der Waals surface area contributed by atoms with E-state index in [1.54, 1.807) is 40.8 Å². The topological polar surface area (TPSA) is 156 Å². The Morgan fingerprint density at radius 2 is 1.81 bits per heavy atom. The van der Waals surface area contributed by atoms with E-state index in [0.29, 0.717) is 17.5 Å². The standard InChI is InChI=1S/C35H38N6O7/c1-22-30(23-11-3-2-4-12-23)47-34(46)28-26(15-7-8-16-27(43)36-22)48-35-17-9-18-39(21-41-25-14-6-5-13-24(25)37-38-41)33(45)31(35)40(19-10-20-42)32(44)29(28)35/h2-7,9,11-15,17,22,26,28-31,42H,8,10,16,18-21H2,1H3,(H,36,43)/b15-7-/t22-,26-,28+,29+,30+,31-,35+/m0/s1. The minimum absolute atomic E-state index is 0.0788. The van der Waals surface area contributed by atoms with Gasteiger partial charge in [-0.05, 0) is 37.5 Å². The highest BCUT2D eigenvalue weighted by atomic mass is 16.6. The molecule has 4 aliphatic rings. The summed E-state index contributed by atoms with van der Waals surface area (Å²) < 4.78 is 14.6. The lowest BCUT2D eigenvalue weighted by molar-refractivity contribution is -0.161. The molecule has 2 saturated heterocycles. The molecule has 48 heavy (non-hydrogen) atoms. The average molecular weight is 655 g/mol. The molecule has 0 radical (unpaired) electrons. The first-order valence-corrected chi connectivity index (χ1v) is 16.4. The number of para-hydroxylation sites is 1. The Morgan fingerprint density at radius 3 is 2.62 bits per heavy atom. The molecule has 1 aromatic heterocycles. The largest absolute Gasteiger partial charge is 0.455 e. The SMILES string of the molecule is C[C@@H]1NC(=O)CC/C=C\[C@@H]2O[C@@]34C=CCN(Cn5nnc6ccccc65)C(=O)[C@@H]3N(CCCO)C(=O)[C@H]4[C@@H]2C(=O)O[C@H]1c1ccccc1. The van der Waals surface area contributed by atoms with Gasteiger partial charge >= 0.3 is 5.97 Å². The van der Waals surface area contributed by atoms with Gasteiger partial charge in [-0.2, -0.15) is 0 Å². The molecule has 7 rings (SSSR count). The Bertz CT molecular complexity index is 1770. The average Bonchev–Trinajstić information content (AvgIpc) is 3.68. The van der Waals surface area contributed by atoms with Gasteiger partial charge in [0, 0.05) is 26.1 Å². The number of cyclic esters (lactones) is 1. The molecule has 4 aliphatic heterocycles. The van der Waals surface area contributed by atoms with E-state index >= 15 is 0 Å². The number of fused-ring (bicyclic) bond motifs is 3. The van der Waals surface area contributed by atoms with Gasteiger partial charge in [0.15, 0.2) is 0 Å². The van der Waals surface area contributed by atoms with Gasteiger partial charge in [-0.15, -0.1) is 5.10 Å². The Kier molecular flexibility index (Phi) is 8.56. The molecule has 0 aliphatic carbocycles. The fourth-order valence-corrected chi connectivity index (χ4v) is 7.54. The summed E-state index contributed by atoms with van der Waals surface area (Å²) in [6, 6.07) is 14.9. The molecule has 5 heterocycles. The summed E-state index contributed by atoms with van der Waals surface area (Å²) >= 11 is 0. The number of esters is 1. The first-order valence-electron chi connectivity index (χ1n) is 16.4. The number of hydrogen-bond donors (Lipinski definition) is 2. The van der Waals surface area contributed by atoms with Crippen molar-refractivity contribution in [1.29, 1.82) is 0 Å². The molecular formula is C35H38N6O7. The number of carbonyl (C=O) groups excluding carboxylic acids is 4. The number of nitrogens with zero attached hydrogens (tertiary/aromatic N) is 5. The molecule has 250 valence electrons. The fraction of sp³-hybridized carbons (Fsp3) is 0.429. The van der Waals surface area contributed by atoms with E-state index in [2.05, 4.69) is 15.6 Å². The molecule has 0 saturated carbocycles. The van der Waals surface area contributed by atoms with Crippen LogP contribution in [0.25, 0.3) is 11.0 Å². The van der Waals surface area contributed by atoms with Gasteiger partial charge in [0.1, 0.15) is 35.9 Å². The maximum absolute atomic E-state index is 14.6. The molecule has 3 aromatic rings. The lowest BCUT2D eigenvalue weighted by Gasteiger charge is -2.35. The summed E-state index contributed by atoms with van der Waals surface area (Å²) in [6.07, 6.45) is 6.15. The number of nitrogens with one attached hydrogen (secondary N) is 1. The maximum Gasteiger partial charge on any atom is 0.313 e. The number of benzene rings is 2. The smallest absolute Gasteiger partial charge is 0.313 e. The Hall–Kier alpha value is -4.88. The van der Waals surface area contributed by atoms with Gasteiger partial charge in [0.05, 0.1) is 23.6 Å². The number of aliphatic hydroxyl groups excluding tert-OH is 1. The summed E-state index contributed by atoms with van der Waals surface area (Å²) in [5, 5.41) is 21.2. The number of likely N-dealkylation sites (tertiary alicyclic amines) is 1. The van der Waals surface area contributed by atoms with Crippen LogP contribution in [0.15, 0.2) is 78.9 Å². The lowest BCUT2D eigenvalue weighted by Crippen LogP contribution is -2.55. The molecule has 13 heteroatoms. The van der Waals surface area contributed by atoms with Crippen molar-refractivity contribution in [1.82, 2.24) is 30.1 Å². The number of ether oxygens (including phenoxy) is 2. The summed E-state index contributed by atoms with van der Waals surface area (Å²) in [6.45, 7) is 1.98. The van der Waals surface area contributed by atoms with Gasteiger partial charge in [-0.1, -0.05) is 72.0 Å². The van der Waals surface area contributed by atoms with Crippen molar-refractivity contribution < 1.29 is 33.8 Å². The molecule has 1 spiro atoms. The normalized spacial score (nSPS) is 31.3. The second-order valence-corrected chi connectivity index (χ2v) is 12.7. The zero-order valence-corrected chi connectivity index (χ0v) is 26.6. The molecule has 2 fully saturated rings. The second kappa shape index (κ2) is 13.0. The molecule has 2 aromatic carbocycles. The third-order valence-electron chi connectivity index (χ3n) is 9.71. The number of rotatable bonds is 6. The van der Waals surface area contributed by atoms with E-state index < -0.39 is 53.6 Å². The number of aromatic nitrogens is 3. The molecular weight excluding hydrogens is 616 g/mol. The number of carbonyl (C=O) groups is 4. The Morgan fingerprint density at radius 1 is 1.02 bits per heavy atom. The van der Waals surface area contributed by atoms with Crippen molar-refractivity contribution in [2.24, 2.45) is 11.8 Å². The van der Waals surface area contributed by atoms with Crippen molar-refractivity contribution in [2.75, 3.05) is 19.7 Å². The minimum atomic E-state index is -1.48. The van der Waals surface area contributed by atoms with Crippen LogP contribution in [0.3, 0.4) is 0 Å². The van der Waals surface area contributed by atoms with E-state index in [1.807, 2.05) is 54.6 Å². The van der Waals surface area contributed by atoms with Crippen LogP contribution >= 0.6 is 0 Å². The molecule has 2 N–H and O–H groups in total. The highest BCUT2D eigenvalue weighted by molar-refractivity contribution is 5.99. The third kappa shape index (κ3) is 5.46. The van der Waals surface area contributed by atoms with Crippen LogP contribution in [0.2, 0.25) is 0 Å². The van der Waals surface area contributed by atoms with Gasteiger partial charge in [0.2, 0.25) is 11.8 Å². The number of aliphatic hydroxyl groups is 1. The van der Waals surface area contributed by atoms with E-state index in [4.69, 9.17) is 9.47 Å². The van der Waals surface area contributed by atoms with Crippen molar-refractivity contribution in [2.45, 2.75) is 62.7 Å². The molecule has 3 amide bonds. The second-order valence-electron chi connectivity index (χ2n) is 12.7. The van der Waals surface area contributed by atoms with Crippen molar-refractivity contribution in [3.05, 3.63) is 84.5 Å². The quantitative estimate of drug-likeness (QED) is 0.299. The predicted molar refractivity (Wildman–Crippen MR) is 171 cm³/mol. The van der Waals surface area contributed by atoms with E-state index in [9.17, 15) is 24.3 Å². The summed E-state index contributed by atoms with van der Waals surface area (Å²) in [5.41, 5.74) is 0.649. The van der Waals surface area contributed by atoms with Gasteiger partial charge in [-0.3, -0.25) is 19.2 Å². The van der Waals surface area contributed by atoms with Crippen LogP contribution < -0.4 is 5.32 Å². The minimum Gasteiger partial charge on any atom is -0.455 e. The summed E-state index contributed by atoms with van der Waals surface area (Å²) in [4.78, 5) is 59.2. The van der Waals surface area contributed by atoms with Crippen LogP contribution in [0.4, 0.5) is 0 Å². The zero-order valence-electron chi connectivity index (χ0n) is 26.6. The van der Waals surface area contributed by atoms with Crippen molar-refractivity contribution in [3.8, 4) is 0 Å². The first-order chi connectivity index (χ1) is 23.3. The van der Waals surface area contributed by atoms with E-state index in [1.165, 1.54) is 4.90 Å². The highest BCUT2D eigenvalue weighted by Gasteiger charge is 2.71. The number of allylic oxidation sites excluding steroid dienone is 1. The molecule has 13 nitrogen and oxygen atoms in total. The van der Waals surface area contributed by atoms with E-state index in [-0.39, 0.29) is 51.0 Å². The molecule has 0 unspecified atom stereocenters. The number of amides is 3. The third-order valence-corrected chi connectivity index (χ3v) is 9.71. The van der Waals surface area contributed by atoms with Gasteiger partial charge in [0.25, 0.3) is 5.91 Å². The van der Waals surface area contributed by atoms with Crippen LogP contribution in [0.5, 0.6) is 0 Å². The van der Waals surface area contributed by atoms with Crippen LogP contribution in [0.1, 0.15) is 37.9 Å². The fourth-order valence-electron chi connectivity index (χ4n) is 7.54. The van der Waals surface area contributed by atoms with Gasteiger partial charge < -0.3 is 29.7 Å². The molecule has 7 atom stereocenters. The van der Waals surface area contributed by atoms with Crippen molar-refractivity contribution in [3.63, 3.8) is 0 Å². The first kappa shape index (κ1) is 31.7. The lowest BCUT2D eigenvalue weighted by atomic mass is 9.77. The Balaban J connectivity index is 1.27. The van der Waals surface area contributed by atoms with Crippen LogP contribution in [-0.4, -0.2) is 97.1 Å². The zero-order chi connectivity index (χ0) is 33.4. The van der Waals surface area contributed by atoms with E-state index in [0.717, 1.165) is 5.52 Å². The Labute approximate surface area is 277 Å². The monoisotopic (exact) mass is 654 g/mol. The number of hydrogen-bond acceptors (Lipinski definition) is 9. The summed E-state index contributed by atoms with van der Waals surface area (Å²) in [7, 11) is 0. The van der Waals surface area contributed by atoms with Gasteiger partial charge in [-0.25, -0.2) is 4.68 Å². The summed E-state index contributed by atoms with van der Waals surface area (Å²) in [5.74, 6) is -3.77. The highest BCUT2D eigenvalue weighted by Crippen LogP contribution is 2.53. The van der Waals surface area contributed by atoms with Crippen LogP contribution in [-0.2, 0) is 35.3 Å². The van der Waals surface area contributed by atoms with Crippen LogP contribution in [0, 0.1) is 11.8 Å². The molecule has 0 bridgehead atoms. The predicted octanol–water partition coefficient (Wildman–Crippen LogP) is 1.89. The maximum atomic E-state index is 14.6.